The molecule has 0 saturated carbocycles. The molecule has 0 aliphatic carbocycles. The smallest absolute Gasteiger partial charge is 0.387 e. The van der Waals surface area contributed by atoms with Gasteiger partial charge in [0.2, 0.25) is 11.8 Å². The molecule has 3 rings (SSSR count). The summed E-state index contributed by atoms with van der Waals surface area (Å²) in [7, 11) is 1.37. The highest BCUT2D eigenvalue weighted by Gasteiger charge is 2.11. The lowest BCUT2D eigenvalue weighted by Crippen LogP contribution is -2.06. The van der Waals surface area contributed by atoms with Crippen LogP contribution >= 0.6 is 0 Å². The number of hydrogen-bond donors (Lipinski definition) is 1. The maximum absolute atomic E-state index is 12.9. The predicted molar refractivity (Wildman–Crippen MR) is 95.5 cm³/mol. The number of halogens is 3. The molecule has 1 aromatic heterocycles. The number of alkyl halides is 2. The van der Waals surface area contributed by atoms with Gasteiger partial charge in [-0.15, -0.1) is 0 Å². The minimum Gasteiger partial charge on any atom is -0.493 e. The topological polar surface area (TPSA) is 65.5 Å². The molecule has 0 amide bonds. The molecule has 0 unspecified atom stereocenters. The molecule has 28 heavy (non-hydrogen) atoms. The minimum atomic E-state index is -2.94. The van der Waals surface area contributed by atoms with Crippen LogP contribution in [0.5, 0.6) is 23.1 Å². The molecular formula is C19H16F3N3O3. The van der Waals surface area contributed by atoms with Crippen molar-refractivity contribution in [2.75, 3.05) is 12.4 Å². The molecule has 6 nitrogen and oxygen atoms in total. The summed E-state index contributed by atoms with van der Waals surface area (Å²) < 4.78 is 52.7. The average Bonchev–Trinajstić information content (AvgIpc) is 2.69. The van der Waals surface area contributed by atoms with Crippen molar-refractivity contribution in [2.24, 2.45) is 0 Å². The first kappa shape index (κ1) is 19.3. The van der Waals surface area contributed by atoms with Crippen molar-refractivity contribution in [3.05, 3.63) is 66.1 Å². The van der Waals surface area contributed by atoms with Crippen LogP contribution in [0.25, 0.3) is 0 Å². The number of methoxy groups -OCH3 is 1. The van der Waals surface area contributed by atoms with E-state index in [4.69, 9.17) is 9.47 Å². The predicted octanol–water partition coefficient (Wildman–Crippen LogP) is 4.63. The van der Waals surface area contributed by atoms with Gasteiger partial charge in [0.15, 0.2) is 11.5 Å². The molecule has 3 aromatic rings. The zero-order chi connectivity index (χ0) is 19.9. The van der Waals surface area contributed by atoms with Gasteiger partial charge in [-0.05, 0) is 42.0 Å². The molecule has 0 atom stereocenters. The first-order valence-corrected chi connectivity index (χ1v) is 8.15. The second kappa shape index (κ2) is 8.94. The Hall–Kier alpha value is -3.49. The molecule has 9 heteroatoms. The maximum Gasteiger partial charge on any atom is 0.387 e. The average molecular weight is 391 g/mol. The number of aromatic nitrogens is 2. The Labute approximate surface area is 158 Å². The van der Waals surface area contributed by atoms with E-state index in [9.17, 15) is 13.2 Å². The first-order chi connectivity index (χ1) is 13.5. The monoisotopic (exact) mass is 391 g/mol. The van der Waals surface area contributed by atoms with Crippen LogP contribution in [0.2, 0.25) is 0 Å². The molecule has 0 saturated heterocycles. The lowest BCUT2D eigenvalue weighted by molar-refractivity contribution is -0.0512. The fraction of sp³-hybridized carbons (Fsp3) is 0.158. The third kappa shape index (κ3) is 5.26. The van der Waals surface area contributed by atoms with E-state index in [0.717, 1.165) is 5.56 Å². The van der Waals surface area contributed by atoms with Crippen molar-refractivity contribution in [3.8, 4) is 23.1 Å². The molecule has 1 heterocycles. The normalized spacial score (nSPS) is 10.6. The second-order valence-electron chi connectivity index (χ2n) is 5.49. The van der Waals surface area contributed by atoms with Crippen LogP contribution in [0.3, 0.4) is 0 Å². The molecule has 0 radical (unpaired) electrons. The fourth-order valence-electron chi connectivity index (χ4n) is 2.30. The molecule has 146 valence electrons. The van der Waals surface area contributed by atoms with Gasteiger partial charge in [-0.2, -0.15) is 13.8 Å². The standard InChI is InChI=1S/C19H16F3N3O3/c1-26-16-10-12(2-7-15(16)28-18(21)22)11-24-19-23-9-8-17(25-19)27-14-5-3-13(20)4-6-14/h2-10,18H,11H2,1H3,(H,23,24,25). The number of benzene rings is 2. The van der Waals surface area contributed by atoms with Gasteiger partial charge in [-0.25, -0.2) is 9.37 Å². The Morgan fingerprint density at radius 1 is 1.04 bits per heavy atom. The van der Waals surface area contributed by atoms with Crippen molar-refractivity contribution in [3.63, 3.8) is 0 Å². The molecule has 2 aromatic carbocycles. The molecule has 0 aliphatic heterocycles. The van der Waals surface area contributed by atoms with Crippen molar-refractivity contribution in [2.45, 2.75) is 13.2 Å². The van der Waals surface area contributed by atoms with Crippen LogP contribution in [-0.2, 0) is 6.54 Å². The second-order valence-corrected chi connectivity index (χ2v) is 5.49. The molecule has 0 spiro atoms. The number of anilines is 1. The van der Waals surface area contributed by atoms with Crippen LogP contribution in [0.15, 0.2) is 54.7 Å². The van der Waals surface area contributed by atoms with E-state index in [1.807, 2.05) is 0 Å². The summed E-state index contributed by atoms with van der Waals surface area (Å²) in [6, 6.07) is 11.7. The molecule has 0 bridgehead atoms. The summed E-state index contributed by atoms with van der Waals surface area (Å²) in [4.78, 5) is 8.30. The fourth-order valence-corrected chi connectivity index (χ4v) is 2.30. The zero-order valence-electron chi connectivity index (χ0n) is 14.7. The highest BCUT2D eigenvalue weighted by atomic mass is 19.3. The van der Waals surface area contributed by atoms with Crippen LogP contribution in [-0.4, -0.2) is 23.7 Å². The van der Waals surface area contributed by atoms with Gasteiger partial charge in [0.25, 0.3) is 0 Å². The number of nitrogens with one attached hydrogen (secondary N) is 1. The van der Waals surface area contributed by atoms with E-state index < -0.39 is 6.61 Å². The third-order valence-corrected chi connectivity index (χ3v) is 3.56. The van der Waals surface area contributed by atoms with Crippen molar-refractivity contribution < 1.29 is 27.4 Å². The van der Waals surface area contributed by atoms with Crippen LogP contribution in [0.4, 0.5) is 19.1 Å². The summed E-state index contributed by atoms with van der Waals surface area (Å²) >= 11 is 0. The molecule has 0 aliphatic rings. The van der Waals surface area contributed by atoms with Crippen LogP contribution in [0, 0.1) is 5.82 Å². The minimum absolute atomic E-state index is 0.0489. The van der Waals surface area contributed by atoms with Gasteiger partial charge in [-0.3, -0.25) is 0 Å². The van der Waals surface area contributed by atoms with Gasteiger partial charge in [0, 0.05) is 18.8 Å². The van der Waals surface area contributed by atoms with E-state index in [1.54, 1.807) is 18.2 Å². The Bertz CT molecular complexity index is 924. The first-order valence-electron chi connectivity index (χ1n) is 8.15. The Morgan fingerprint density at radius 2 is 1.82 bits per heavy atom. The zero-order valence-corrected chi connectivity index (χ0v) is 14.7. The number of rotatable bonds is 8. The summed E-state index contributed by atoms with van der Waals surface area (Å²) in [6.45, 7) is -2.62. The largest absolute Gasteiger partial charge is 0.493 e. The number of nitrogens with zero attached hydrogens (tertiary/aromatic N) is 2. The summed E-state index contributed by atoms with van der Waals surface area (Å²) in [5, 5.41) is 3.00. The lowest BCUT2D eigenvalue weighted by Gasteiger charge is -2.12. The SMILES string of the molecule is COc1cc(CNc2nccc(Oc3ccc(F)cc3)n2)ccc1OC(F)F. The highest BCUT2D eigenvalue weighted by Crippen LogP contribution is 2.29. The van der Waals surface area contributed by atoms with Gasteiger partial charge in [-0.1, -0.05) is 6.07 Å². The van der Waals surface area contributed by atoms with E-state index in [1.165, 1.54) is 43.6 Å². The van der Waals surface area contributed by atoms with Gasteiger partial charge >= 0.3 is 6.61 Å². The Kier molecular flexibility index (Phi) is 6.15. The quantitative estimate of drug-likeness (QED) is 0.604. The molecule has 0 fully saturated rings. The van der Waals surface area contributed by atoms with Gasteiger partial charge < -0.3 is 19.5 Å². The van der Waals surface area contributed by atoms with E-state index in [0.29, 0.717) is 18.2 Å². The summed E-state index contributed by atoms with van der Waals surface area (Å²) in [6.07, 6.45) is 1.51. The van der Waals surface area contributed by atoms with Crippen molar-refractivity contribution in [1.29, 1.82) is 0 Å². The number of hydrogen-bond acceptors (Lipinski definition) is 6. The van der Waals surface area contributed by atoms with Crippen molar-refractivity contribution >= 4 is 5.95 Å². The molecular weight excluding hydrogens is 375 g/mol. The Morgan fingerprint density at radius 3 is 2.54 bits per heavy atom. The maximum atomic E-state index is 12.9. The lowest BCUT2D eigenvalue weighted by atomic mass is 10.2. The third-order valence-electron chi connectivity index (χ3n) is 3.56. The van der Waals surface area contributed by atoms with E-state index >= 15 is 0 Å². The van der Waals surface area contributed by atoms with Crippen molar-refractivity contribution in [1.82, 2.24) is 9.97 Å². The van der Waals surface area contributed by atoms with Gasteiger partial charge in [0.1, 0.15) is 11.6 Å². The number of ether oxygens (including phenoxy) is 3. The van der Waals surface area contributed by atoms with Gasteiger partial charge in [0.05, 0.1) is 7.11 Å². The molecule has 1 N–H and O–H groups in total. The Balaban J connectivity index is 1.65. The summed E-state index contributed by atoms with van der Waals surface area (Å²) in [5.74, 6) is 0.790. The summed E-state index contributed by atoms with van der Waals surface area (Å²) in [5.41, 5.74) is 0.743. The van der Waals surface area contributed by atoms with Crippen LogP contribution < -0.4 is 19.5 Å². The van der Waals surface area contributed by atoms with E-state index in [2.05, 4.69) is 20.0 Å². The highest BCUT2D eigenvalue weighted by molar-refractivity contribution is 5.44. The van der Waals surface area contributed by atoms with Crippen LogP contribution in [0.1, 0.15) is 5.56 Å². The van der Waals surface area contributed by atoms with E-state index in [-0.39, 0.29) is 23.2 Å².